The van der Waals surface area contributed by atoms with Crippen LogP contribution in [0.3, 0.4) is 0 Å². The molecule has 1 aliphatic rings. The number of nitrogens with zero attached hydrogens (tertiary/aromatic N) is 1. The molecule has 2 heterocycles. The highest BCUT2D eigenvalue weighted by Gasteiger charge is 2.28. The molecule has 0 radical (unpaired) electrons. The number of furan rings is 1. The van der Waals surface area contributed by atoms with E-state index in [1.165, 1.54) is 0 Å². The van der Waals surface area contributed by atoms with Crippen molar-refractivity contribution >= 4 is 28.5 Å². The first-order chi connectivity index (χ1) is 10.1. The average Bonchev–Trinajstić information content (AvgIpc) is 2.83. The lowest BCUT2D eigenvalue weighted by molar-refractivity contribution is -0.0453. The number of fused-ring (bicyclic) bond motifs is 1. The number of benzene rings is 1. The number of hydrogen-bond acceptors (Lipinski definition) is 4. The van der Waals surface area contributed by atoms with Crippen LogP contribution in [-0.4, -0.2) is 48.3 Å². The van der Waals surface area contributed by atoms with Gasteiger partial charge in [0.05, 0.1) is 19.3 Å². The van der Waals surface area contributed by atoms with Gasteiger partial charge in [0.25, 0.3) is 5.91 Å². The molecule has 1 fully saturated rings. The number of carbonyl (C=O) groups excluding carboxylic acids is 1. The first-order valence-corrected chi connectivity index (χ1v) is 7.18. The molecular formula is C15H16ClNO4. The Bertz CT molecular complexity index is 682. The number of aliphatic hydroxyl groups is 1. The van der Waals surface area contributed by atoms with Crippen molar-refractivity contribution in [2.75, 3.05) is 26.3 Å². The number of ether oxygens (including phenoxy) is 1. The standard InChI is InChI=1S/C15H16ClNO4/c1-9-12-6-10(16)2-3-13(12)21-14(9)15(19)17-4-5-20-11(7-17)8-18/h2-3,6,11,18H,4-5,7-8H2,1H3. The first-order valence-electron chi connectivity index (χ1n) is 6.80. The van der Waals surface area contributed by atoms with Crippen LogP contribution in [0.1, 0.15) is 16.1 Å². The Balaban J connectivity index is 1.92. The van der Waals surface area contributed by atoms with Gasteiger partial charge in [0.2, 0.25) is 0 Å². The molecule has 1 amide bonds. The van der Waals surface area contributed by atoms with Gasteiger partial charge in [0, 0.05) is 29.1 Å². The van der Waals surface area contributed by atoms with Gasteiger partial charge in [-0.25, -0.2) is 0 Å². The van der Waals surface area contributed by atoms with Crippen LogP contribution in [0.25, 0.3) is 11.0 Å². The van der Waals surface area contributed by atoms with Crippen LogP contribution in [0.2, 0.25) is 5.02 Å². The van der Waals surface area contributed by atoms with E-state index in [0.717, 1.165) is 10.9 Å². The molecule has 1 atom stereocenters. The van der Waals surface area contributed by atoms with Crippen molar-refractivity contribution in [1.29, 1.82) is 0 Å². The van der Waals surface area contributed by atoms with E-state index in [1.807, 2.05) is 6.92 Å². The summed E-state index contributed by atoms with van der Waals surface area (Å²) in [4.78, 5) is 14.2. The van der Waals surface area contributed by atoms with Gasteiger partial charge in [-0.2, -0.15) is 0 Å². The largest absolute Gasteiger partial charge is 0.451 e. The second kappa shape index (κ2) is 5.67. The molecule has 1 aromatic carbocycles. The van der Waals surface area contributed by atoms with E-state index in [9.17, 15) is 4.79 Å². The molecule has 1 aliphatic heterocycles. The van der Waals surface area contributed by atoms with Crippen molar-refractivity contribution in [3.8, 4) is 0 Å². The fourth-order valence-electron chi connectivity index (χ4n) is 2.55. The Morgan fingerprint density at radius 2 is 2.33 bits per heavy atom. The summed E-state index contributed by atoms with van der Waals surface area (Å²) in [6.07, 6.45) is -0.332. The zero-order chi connectivity index (χ0) is 15.0. The Morgan fingerprint density at radius 1 is 1.52 bits per heavy atom. The van der Waals surface area contributed by atoms with E-state index in [2.05, 4.69) is 0 Å². The zero-order valence-electron chi connectivity index (χ0n) is 11.6. The van der Waals surface area contributed by atoms with Crippen LogP contribution in [0, 0.1) is 6.92 Å². The van der Waals surface area contributed by atoms with E-state index in [0.29, 0.717) is 36.1 Å². The van der Waals surface area contributed by atoms with Crippen LogP contribution < -0.4 is 0 Å². The second-order valence-corrected chi connectivity index (χ2v) is 5.56. The van der Waals surface area contributed by atoms with E-state index in [4.69, 9.17) is 25.9 Å². The number of halogens is 1. The first kappa shape index (κ1) is 14.4. The molecule has 1 unspecified atom stereocenters. The van der Waals surface area contributed by atoms with Gasteiger partial charge in [0.1, 0.15) is 5.58 Å². The van der Waals surface area contributed by atoms with Gasteiger partial charge in [-0.1, -0.05) is 11.6 Å². The third-order valence-corrected chi connectivity index (χ3v) is 3.96. The summed E-state index contributed by atoms with van der Waals surface area (Å²) < 4.78 is 11.0. The van der Waals surface area contributed by atoms with Gasteiger partial charge in [-0.15, -0.1) is 0 Å². The topological polar surface area (TPSA) is 62.9 Å². The van der Waals surface area contributed by atoms with Gasteiger partial charge in [-0.05, 0) is 25.1 Å². The monoisotopic (exact) mass is 309 g/mol. The van der Waals surface area contributed by atoms with Crippen LogP contribution in [0.15, 0.2) is 22.6 Å². The molecule has 1 N–H and O–H groups in total. The lowest BCUT2D eigenvalue weighted by atomic mass is 10.1. The Morgan fingerprint density at radius 3 is 3.10 bits per heavy atom. The molecule has 0 spiro atoms. The molecule has 0 bridgehead atoms. The highest BCUT2D eigenvalue weighted by Crippen LogP contribution is 2.29. The third-order valence-electron chi connectivity index (χ3n) is 3.72. The molecule has 5 nitrogen and oxygen atoms in total. The Labute approximate surface area is 127 Å². The normalized spacial score (nSPS) is 19.2. The molecule has 0 aliphatic carbocycles. The summed E-state index contributed by atoms with van der Waals surface area (Å²) in [5.74, 6) is 0.146. The molecule has 21 heavy (non-hydrogen) atoms. The van der Waals surface area contributed by atoms with Crippen molar-refractivity contribution in [1.82, 2.24) is 4.90 Å². The molecule has 112 valence electrons. The zero-order valence-corrected chi connectivity index (χ0v) is 12.4. The maximum atomic E-state index is 12.6. The van der Waals surface area contributed by atoms with E-state index >= 15 is 0 Å². The summed E-state index contributed by atoms with van der Waals surface area (Å²) in [7, 11) is 0. The number of aliphatic hydroxyl groups excluding tert-OH is 1. The lowest BCUT2D eigenvalue weighted by Crippen LogP contribution is -2.46. The second-order valence-electron chi connectivity index (χ2n) is 5.12. The number of carbonyl (C=O) groups is 1. The number of aryl methyl sites for hydroxylation is 1. The summed E-state index contributed by atoms with van der Waals surface area (Å²) >= 11 is 5.98. The van der Waals surface area contributed by atoms with Crippen molar-refractivity contribution in [3.05, 3.63) is 34.5 Å². The van der Waals surface area contributed by atoms with Crippen molar-refractivity contribution in [2.24, 2.45) is 0 Å². The number of amides is 1. The maximum Gasteiger partial charge on any atom is 0.290 e. The van der Waals surface area contributed by atoms with Crippen molar-refractivity contribution in [3.63, 3.8) is 0 Å². The Kier molecular flexibility index (Phi) is 3.89. The predicted octanol–water partition coefficient (Wildman–Crippen LogP) is 2.23. The maximum absolute atomic E-state index is 12.6. The third kappa shape index (κ3) is 2.64. The van der Waals surface area contributed by atoms with Gasteiger partial charge >= 0.3 is 0 Å². The fourth-order valence-corrected chi connectivity index (χ4v) is 2.73. The Hall–Kier alpha value is -1.56. The van der Waals surface area contributed by atoms with Crippen LogP contribution in [0.4, 0.5) is 0 Å². The van der Waals surface area contributed by atoms with E-state index in [1.54, 1.807) is 23.1 Å². The summed E-state index contributed by atoms with van der Waals surface area (Å²) in [5, 5.41) is 10.6. The smallest absolute Gasteiger partial charge is 0.290 e. The molecule has 1 saturated heterocycles. The van der Waals surface area contributed by atoms with E-state index < -0.39 is 0 Å². The summed E-state index contributed by atoms with van der Waals surface area (Å²) in [6.45, 7) is 3.03. The molecule has 6 heteroatoms. The van der Waals surface area contributed by atoms with E-state index in [-0.39, 0.29) is 18.6 Å². The summed E-state index contributed by atoms with van der Waals surface area (Å²) in [6, 6.07) is 5.29. The molecule has 1 aromatic heterocycles. The molecule has 0 saturated carbocycles. The molecule has 3 rings (SSSR count). The van der Waals surface area contributed by atoms with Crippen LogP contribution in [-0.2, 0) is 4.74 Å². The van der Waals surface area contributed by atoms with Crippen LogP contribution in [0.5, 0.6) is 0 Å². The van der Waals surface area contributed by atoms with Gasteiger partial charge in [-0.3, -0.25) is 4.79 Å². The number of morpholine rings is 1. The minimum atomic E-state index is -0.332. The number of rotatable bonds is 2. The quantitative estimate of drug-likeness (QED) is 0.924. The van der Waals surface area contributed by atoms with Crippen molar-refractivity contribution < 1.29 is 19.1 Å². The van der Waals surface area contributed by atoms with Gasteiger partial charge in [0.15, 0.2) is 5.76 Å². The average molecular weight is 310 g/mol. The predicted molar refractivity (Wildman–Crippen MR) is 78.7 cm³/mol. The van der Waals surface area contributed by atoms with Crippen LogP contribution >= 0.6 is 11.6 Å². The van der Waals surface area contributed by atoms with Gasteiger partial charge < -0.3 is 19.2 Å². The van der Waals surface area contributed by atoms with Crippen molar-refractivity contribution in [2.45, 2.75) is 13.0 Å². The molecule has 2 aromatic rings. The SMILES string of the molecule is Cc1c(C(=O)N2CCOC(CO)C2)oc2ccc(Cl)cc12. The number of hydrogen-bond donors (Lipinski definition) is 1. The highest BCUT2D eigenvalue weighted by atomic mass is 35.5. The molecular weight excluding hydrogens is 294 g/mol. The minimum Gasteiger partial charge on any atom is -0.451 e. The lowest BCUT2D eigenvalue weighted by Gasteiger charge is -2.31. The highest BCUT2D eigenvalue weighted by molar-refractivity contribution is 6.31. The minimum absolute atomic E-state index is 0.0987. The fraction of sp³-hybridized carbons (Fsp3) is 0.400. The summed E-state index contributed by atoms with van der Waals surface area (Å²) in [5.41, 5.74) is 1.43.